The van der Waals surface area contributed by atoms with Crippen molar-refractivity contribution in [2.75, 3.05) is 7.11 Å². The van der Waals surface area contributed by atoms with Crippen molar-refractivity contribution in [3.63, 3.8) is 0 Å². The molecule has 2 N–H and O–H groups in total. The lowest BCUT2D eigenvalue weighted by Crippen LogP contribution is -2.15. The molecule has 0 radical (unpaired) electrons. The molecule has 0 amide bonds. The predicted molar refractivity (Wildman–Crippen MR) is 76.2 cm³/mol. The zero-order valence-corrected chi connectivity index (χ0v) is 12.1. The average Bonchev–Trinajstić information content (AvgIpc) is 2.82. The van der Waals surface area contributed by atoms with Crippen molar-refractivity contribution < 1.29 is 9.13 Å². The van der Waals surface area contributed by atoms with Gasteiger partial charge in [-0.1, -0.05) is 19.1 Å². The Balaban J connectivity index is 2.25. The highest BCUT2D eigenvalue weighted by atomic mass is 19.1. The van der Waals surface area contributed by atoms with Gasteiger partial charge >= 0.3 is 0 Å². The molecule has 0 saturated carbocycles. The smallest absolute Gasteiger partial charge is 0.168 e. The summed E-state index contributed by atoms with van der Waals surface area (Å²) in [4.78, 5) is 0. The van der Waals surface area contributed by atoms with Crippen LogP contribution >= 0.6 is 0 Å². The molecule has 20 heavy (non-hydrogen) atoms. The van der Waals surface area contributed by atoms with E-state index in [1.165, 1.54) is 7.11 Å². The standard InChI is InChI=1S/C15H20FN3O/c1-4-13-11(9-19(2)18-13)12(17)8-10-6-5-7-14(20-3)15(10)16/h5-7,9,12H,4,8,17H2,1-3H3. The van der Waals surface area contributed by atoms with E-state index in [1.807, 2.05) is 20.2 Å². The molecule has 4 nitrogen and oxygen atoms in total. The number of hydrogen-bond acceptors (Lipinski definition) is 3. The number of aryl methyl sites for hydroxylation is 2. The molecule has 1 aromatic heterocycles. The van der Waals surface area contributed by atoms with Gasteiger partial charge in [0.25, 0.3) is 0 Å². The summed E-state index contributed by atoms with van der Waals surface area (Å²) in [5, 5.41) is 4.37. The lowest BCUT2D eigenvalue weighted by molar-refractivity contribution is 0.383. The highest BCUT2D eigenvalue weighted by Crippen LogP contribution is 2.25. The van der Waals surface area contributed by atoms with Gasteiger partial charge in [-0.2, -0.15) is 5.10 Å². The van der Waals surface area contributed by atoms with E-state index in [9.17, 15) is 4.39 Å². The zero-order chi connectivity index (χ0) is 14.7. The van der Waals surface area contributed by atoms with E-state index in [0.717, 1.165) is 17.7 Å². The lowest BCUT2D eigenvalue weighted by Gasteiger charge is -2.13. The van der Waals surface area contributed by atoms with E-state index in [0.29, 0.717) is 12.0 Å². The van der Waals surface area contributed by atoms with Crippen LogP contribution in [0.4, 0.5) is 4.39 Å². The van der Waals surface area contributed by atoms with Gasteiger partial charge in [0.1, 0.15) is 0 Å². The average molecular weight is 277 g/mol. The van der Waals surface area contributed by atoms with E-state index >= 15 is 0 Å². The molecule has 1 heterocycles. The molecule has 0 fully saturated rings. The number of aromatic nitrogens is 2. The van der Waals surface area contributed by atoms with Crippen LogP contribution in [0.1, 0.15) is 29.8 Å². The van der Waals surface area contributed by atoms with Crippen LogP contribution in [0.25, 0.3) is 0 Å². The molecule has 0 aliphatic rings. The van der Waals surface area contributed by atoms with Crippen LogP contribution in [0, 0.1) is 5.82 Å². The summed E-state index contributed by atoms with van der Waals surface area (Å²) in [5.41, 5.74) is 8.71. The summed E-state index contributed by atoms with van der Waals surface area (Å²) in [6.07, 6.45) is 3.13. The molecule has 2 rings (SSSR count). The summed E-state index contributed by atoms with van der Waals surface area (Å²) in [5.74, 6) is -0.0935. The van der Waals surface area contributed by atoms with E-state index in [2.05, 4.69) is 5.10 Å². The molecule has 5 heteroatoms. The second-order valence-electron chi connectivity index (χ2n) is 4.80. The first-order valence-electron chi connectivity index (χ1n) is 6.66. The fraction of sp³-hybridized carbons (Fsp3) is 0.400. The van der Waals surface area contributed by atoms with Crippen LogP contribution in [0.3, 0.4) is 0 Å². The maximum absolute atomic E-state index is 14.1. The number of nitrogens with two attached hydrogens (primary N) is 1. The van der Waals surface area contributed by atoms with Gasteiger partial charge in [0, 0.05) is 24.8 Å². The first-order chi connectivity index (χ1) is 9.56. The number of benzene rings is 1. The van der Waals surface area contributed by atoms with Crippen molar-refractivity contribution in [2.24, 2.45) is 12.8 Å². The van der Waals surface area contributed by atoms with E-state index in [-0.39, 0.29) is 17.6 Å². The van der Waals surface area contributed by atoms with Crippen LogP contribution in [-0.4, -0.2) is 16.9 Å². The highest BCUT2D eigenvalue weighted by Gasteiger charge is 2.17. The second kappa shape index (κ2) is 6.05. The van der Waals surface area contributed by atoms with E-state index in [4.69, 9.17) is 10.5 Å². The fourth-order valence-corrected chi connectivity index (χ4v) is 2.36. The monoisotopic (exact) mass is 277 g/mol. The maximum Gasteiger partial charge on any atom is 0.168 e. The van der Waals surface area contributed by atoms with Crippen LogP contribution in [-0.2, 0) is 19.9 Å². The van der Waals surface area contributed by atoms with Gasteiger partial charge in [-0.05, 0) is 24.5 Å². The summed E-state index contributed by atoms with van der Waals surface area (Å²) in [7, 11) is 3.32. The van der Waals surface area contributed by atoms with Crippen molar-refractivity contribution in [3.05, 3.63) is 47.0 Å². The van der Waals surface area contributed by atoms with Crippen LogP contribution in [0.15, 0.2) is 24.4 Å². The summed E-state index contributed by atoms with van der Waals surface area (Å²) >= 11 is 0. The summed E-state index contributed by atoms with van der Waals surface area (Å²) in [6, 6.07) is 4.83. The first-order valence-corrected chi connectivity index (χ1v) is 6.66. The molecule has 1 atom stereocenters. The van der Waals surface area contributed by atoms with Crippen molar-refractivity contribution in [1.29, 1.82) is 0 Å². The van der Waals surface area contributed by atoms with Crippen molar-refractivity contribution in [3.8, 4) is 5.75 Å². The Morgan fingerprint density at radius 3 is 2.85 bits per heavy atom. The molecule has 0 aliphatic heterocycles. The number of ether oxygens (including phenoxy) is 1. The Morgan fingerprint density at radius 1 is 1.45 bits per heavy atom. The Bertz CT molecular complexity index is 595. The normalized spacial score (nSPS) is 12.4. The van der Waals surface area contributed by atoms with E-state index in [1.54, 1.807) is 22.9 Å². The molecule has 0 aliphatic carbocycles. The first kappa shape index (κ1) is 14.5. The van der Waals surface area contributed by atoms with Gasteiger partial charge in [0.05, 0.1) is 12.8 Å². The van der Waals surface area contributed by atoms with Gasteiger partial charge in [-0.15, -0.1) is 0 Å². The highest BCUT2D eigenvalue weighted by molar-refractivity contribution is 5.33. The Hall–Kier alpha value is -1.88. The van der Waals surface area contributed by atoms with Crippen LogP contribution in [0.2, 0.25) is 0 Å². The molecular weight excluding hydrogens is 257 g/mol. The SMILES string of the molecule is CCc1nn(C)cc1C(N)Cc1cccc(OC)c1F. The van der Waals surface area contributed by atoms with Crippen molar-refractivity contribution >= 4 is 0 Å². The fourth-order valence-electron chi connectivity index (χ4n) is 2.36. The zero-order valence-electron chi connectivity index (χ0n) is 12.1. The molecule has 2 aromatic rings. The Labute approximate surface area is 118 Å². The van der Waals surface area contributed by atoms with Gasteiger partial charge in [0.2, 0.25) is 0 Å². The minimum atomic E-state index is -0.340. The molecule has 1 aromatic carbocycles. The third kappa shape index (κ3) is 2.82. The van der Waals surface area contributed by atoms with Crippen LogP contribution in [0.5, 0.6) is 5.75 Å². The number of halogens is 1. The number of hydrogen-bond donors (Lipinski definition) is 1. The molecule has 1 unspecified atom stereocenters. The summed E-state index contributed by atoms with van der Waals surface area (Å²) in [6.45, 7) is 2.03. The molecule has 108 valence electrons. The second-order valence-corrected chi connectivity index (χ2v) is 4.80. The number of rotatable bonds is 5. The Kier molecular flexibility index (Phi) is 4.39. The van der Waals surface area contributed by atoms with Gasteiger partial charge in [-0.25, -0.2) is 4.39 Å². The van der Waals surface area contributed by atoms with Gasteiger partial charge in [-0.3, -0.25) is 4.68 Å². The number of methoxy groups -OCH3 is 1. The third-order valence-corrected chi connectivity index (χ3v) is 3.37. The van der Waals surface area contributed by atoms with Crippen molar-refractivity contribution in [2.45, 2.75) is 25.8 Å². The topological polar surface area (TPSA) is 53.1 Å². The number of nitrogens with zero attached hydrogens (tertiary/aromatic N) is 2. The quantitative estimate of drug-likeness (QED) is 0.913. The van der Waals surface area contributed by atoms with Crippen molar-refractivity contribution in [1.82, 2.24) is 9.78 Å². The lowest BCUT2D eigenvalue weighted by atomic mass is 9.99. The minimum absolute atomic E-state index is 0.247. The third-order valence-electron chi connectivity index (χ3n) is 3.37. The largest absolute Gasteiger partial charge is 0.494 e. The molecule has 0 spiro atoms. The van der Waals surface area contributed by atoms with E-state index < -0.39 is 0 Å². The summed E-state index contributed by atoms with van der Waals surface area (Å²) < 4.78 is 20.9. The Morgan fingerprint density at radius 2 is 2.20 bits per heavy atom. The molecular formula is C15H20FN3O. The van der Waals surface area contributed by atoms with Gasteiger partial charge in [0.15, 0.2) is 11.6 Å². The molecule has 0 saturated heterocycles. The maximum atomic E-state index is 14.1. The molecule has 0 bridgehead atoms. The van der Waals surface area contributed by atoms with Crippen LogP contribution < -0.4 is 10.5 Å². The predicted octanol–water partition coefficient (Wildman–Crippen LogP) is 2.37. The van der Waals surface area contributed by atoms with Gasteiger partial charge < -0.3 is 10.5 Å². The minimum Gasteiger partial charge on any atom is -0.494 e.